The summed E-state index contributed by atoms with van der Waals surface area (Å²) in [6.45, 7) is 4.63. The van der Waals surface area contributed by atoms with Crippen molar-refractivity contribution in [2.24, 2.45) is 5.73 Å². The average Bonchev–Trinajstić information content (AvgIpc) is 3.62. The molecule has 0 spiro atoms. The van der Waals surface area contributed by atoms with Crippen LogP contribution in [0.15, 0.2) is 41.5 Å². The summed E-state index contributed by atoms with van der Waals surface area (Å²) in [5, 5.41) is 13.4. The number of benzene rings is 2. The summed E-state index contributed by atoms with van der Waals surface area (Å²) in [5.41, 5.74) is 6.43. The maximum atomic E-state index is 14.5. The number of halogens is 3. The lowest BCUT2D eigenvalue weighted by molar-refractivity contribution is -0.202. The van der Waals surface area contributed by atoms with Gasteiger partial charge in [0.05, 0.1) is 46.8 Å². The highest BCUT2D eigenvalue weighted by molar-refractivity contribution is 6.25. The highest BCUT2D eigenvalue weighted by Gasteiger charge is 2.46. The molecule has 1 unspecified atom stereocenters. The standard InChI is InChI=1S/C42H50F3N3O14/c1-24(8-10-33(51)52)7-9-29-37(56-3)25(2)30-23-60-39(54)35(30)38(29)62-40(42(43,44)45)48-41(55)61-22-27-21-31(49)34-26(5-4-6-28(34)36(27)53)11-14-47-32(50)12-15-57-17-19-59-20-18-58-16-13-46/h4-7,21,40H,8-20,22-23,46H2,1-3H3,(H,47,50)(H,48,55)(H,51,52)/b24-7+. The second-order valence-corrected chi connectivity index (χ2v) is 14.0. The van der Waals surface area contributed by atoms with Crippen molar-refractivity contribution < 1.29 is 80.2 Å². The van der Waals surface area contributed by atoms with Crippen molar-refractivity contribution in [2.45, 2.75) is 65.0 Å². The number of Topliss-reactive ketones (excluding diaryl/α,β-unsaturated/α-hetero) is 1. The summed E-state index contributed by atoms with van der Waals surface area (Å²) in [5.74, 6) is -4.14. The van der Waals surface area contributed by atoms with Gasteiger partial charge in [0.25, 0.3) is 6.23 Å². The second kappa shape index (κ2) is 23.4. The number of carbonyl (C=O) groups excluding carboxylic acids is 5. The minimum absolute atomic E-state index is 0.00248. The van der Waals surface area contributed by atoms with Gasteiger partial charge in [0.1, 0.15) is 30.3 Å². The molecule has 1 aliphatic heterocycles. The lowest BCUT2D eigenvalue weighted by Crippen LogP contribution is -2.50. The van der Waals surface area contributed by atoms with Crippen LogP contribution in [0.3, 0.4) is 0 Å². The Morgan fingerprint density at radius 1 is 0.968 bits per heavy atom. The number of amides is 2. The molecule has 20 heteroatoms. The van der Waals surface area contributed by atoms with Gasteiger partial charge >= 0.3 is 24.2 Å². The molecular weight excluding hydrogens is 827 g/mol. The van der Waals surface area contributed by atoms with Gasteiger partial charge in [0, 0.05) is 53.8 Å². The van der Waals surface area contributed by atoms with E-state index < -0.39 is 54.4 Å². The van der Waals surface area contributed by atoms with Gasteiger partial charge in [-0.15, -0.1) is 0 Å². The number of allylic oxidation sites excluding steroid dienone is 3. The molecule has 1 atom stereocenters. The molecule has 0 radical (unpaired) electrons. The third-order valence-electron chi connectivity index (χ3n) is 9.59. The molecule has 1 heterocycles. The Balaban J connectivity index is 1.38. The molecule has 2 aromatic carbocycles. The normalized spacial score (nSPS) is 14.1. The average molecular weight is 878 g/mol. The van der Waals surface area contributed by atoms with Gasteiger partial charge in [-0.1, -0.05) is 29.8 Å². The number of rotatable bonds is 25. The number of ether oxygens (including phenoxy) is 7. The maximum absolute atomic E-state index is 14.5. The SMILES string of the molecule is COc1c(C)c2c(c(OC(NC(=O)OCC3=CC(=O)c4c(CCNC(=O)CCOCCOCCOCCN)cccc4C3=O)C(F)(F)F)c1C/C=C(\C)CCC(=O)O)C(=O)OC2. The number of hydrogen-bond acceptors (Lipinski definition) is 14. The van der Waals surface area contributed by atoms with Crippen molar-refractivity contribution in [3.8, 4) is 11.5 Å². The van der Waals surface area contributed by atoms with E-state index in [0.29, 0.717) is 49.7 Å². The molecule has 62 heavy (non-hydrogen) atoms. The number of carbonyl (C=O) groups is 6. The number of methoxy groups -OCH3 is 1. The number of ketones is 2. The van der Waals surface area contributed by atoms with Crippen LogP contribution in [-0.2, 0) is 52.7 Å². The molecule has 0 fully saturated rings. The number of alkyl halides is 3. The number of hydrogen-bond donors (Lipinski definition) is 4. The molecule has 17 nitrogen and oxygen atoms in total. The molecule has 4 rings (SSSR count). The minimum atomic E-state index is -5.29. The van der Waals surface area contributed by atoms with E-state index in [4.69, 9.17) is 44.0 Å². The topological polar surface area (TPSA) is 237 Å². The summed E-state index contributed by atoms with van der Waals surface area (Å²) < 4.78 is 80.5. The van der Waals surface area contributed by atoms with Crippen LogP contribution in [0.25, 0.3) is 0 Å². The Morgan fingerprint density at radius 2 is 1.66 bits per heavy atom. The van der Waals surface area contributed by atoms with Crippen LogP contribution in [0.4, 0.5) is 18.0 Å². The van der Waals surface area contributed by atoms with Crippen molar-refractivity contribution >= 4 is 35.5 Å². The first-order valence-electron chi connectivity index (χ1n) is 19.6. The Kier molecular flexibility index (Phi) is 18.4. The molecule has 338 valence electrons. The number of aliphatic carboxylic acids is 1. The van der Waals surface area contributed by atoms with E-state index in [9.17, 15) is 41.9 Å². The fraction of sp³-hybridized carbons (Fsp3) is 0.476. The summed E-state index contributed by atoms with van der Waals surface area (Å²) >= 11 is 0. The number of nitrogens with one attached hydrogen (secondary N) is 2. The third kappa shape index (κ3) is 13.6. The Labute approximate surface area is 355 Å². The molecule has 2 amide bonds. The number of carboxylic acids is 1. The van der Waals surface area contributed by atoms with Crippen LogP contribution >= 0.6 is 0 Å². The van der Waals surface area contributed by atoms with Gasteiger partial charge in [0.2, 0.25) is 5.91 Å². The van der Waals surface area contributed by atoms with Crippen LogP contribution in [0.1, 0.15) is 79.5 Å². The van der Waals surface area contributed by atoms with Crippen molar-refractivity contribution in [1.82, 2.24) is 10.6 Å². The number of carboxylic acid groups (broad SMARTS) is 1. The fourth-order valence-electron chi connectivity index (χ4n) is 6.49. The highest BCUT2D eigenvalue weighted by atomic mass is 19.4. The van der Waals surface area contributed by atoms with E-state index in [0.717, 1.165) is 6.08 Å². The minimum Gasteiger partial charge on any atom is -0.496 e. The molecular formula is C42H50F3N3O14. The summed E-state index contributed by atoms with van der Waals surface area (Å²) in [6.07, 6.45) is -7.52. The van der Waals surface area contributed by atoms with Crippen LogP contribution < -0.4 is 25.8 Å². The van der Waals surface area contributed by atoms with Gasteiger partial charge in [-0.25, -0.2) is 9.59 Å². The zero-order valence-electron chi connectivity index (χ0n) is 34.5. The molecule has 0 bridgehead atoms. The van der Waals surface area contributed by atoms with E-state index in [1.54, 1.807) is 31.3 Å². The van der Waals surface area contributed by atoms with Crippen LogP contribution in [0.5, 0.6) is 11.5 Å². The van der Waals surface area contributed by atoms with Gasteiger partial charge in [-0.2, -0.15) is 13.2 Å². The van der Waals surface area contributed by atoms with Crippen molar-refractivity contribution in [1.29, 1.82) is 0 Å². The highest BCUT2D eigenvalue weighted by Crippen LogP contribution is 2.44. The third-order valence-corrected chi connectivity index (χ3v) is 9.59. The number of cyclic esters (lactones) is 1. The van der Waals surface area contributed by atoms with Crippen molar-refractivity contribution in [2.75, 3.05) is 66.4 Å². The number of fused-ring (bicyclic) bond motifs is 2. The van der Waals surface area contributed by atoms with Gasteiger partial charge in [-0.3, -0.25) is 24.5 Å². The molecule has 0 saturated heterocycles. The Bertz CT molecular complexity index is 2050. The number of esters is 1. The fourth-order valence-corrected chi connectivity index (χ4v) is 6.49. The number of nitrogens with two attached hydrogens (primary N) is 1. The quantitative estimate of drug-likeness (QED) is 0.0476. The van der Waals surface area contributed by atoms with E-state index in [2.05, 4.69) is 5.32 Å². The van der Waals surface area contributed by atoms with Gasteiger partial charge in [-0.05, 0) is 50.3 Å². The van der Waals surface area contributed by atoms with Crippen molar-refractivity contribution in [3.05, 3.63) is 80.4 Å². The molecule has 0 aromatic heterocycles. The summed E-state index contributed by atoms with van der Waals surface area (Å²) in [7, 11) is 1.27. The summed E-state index contributed by atoms with van der Waals surface area (Å²) in [4.78, 5) is 75.8. The first-order chi connectivity index (χ1) is 29.6. The van der Waals surface area contributed by atoms with Crippen molar-refractivity contribution in [3.63, 3.8) is 0 Å². The van der Waals surface area contributed by atoms with E-state index >= 15 is 0 Å². The zero-order chi connectivity index (χ0) is 45.4. The lowest BCUT2D eigenvalue weighted by Gasteiger charge is -2.26. The largest absolute Gasteiger partial charge is 0.496 e. The van der Waals surface area contributed by atoms with E-state index in [-0.39, 0.29) is 104 Å². The molecule has 2 aromatic rings. The van der Waals surface area contributed by atoms with Crippen LogP contribution in [-0.4, -0.2) is 119 Å². The maximum Gasteiger partial charge on any atom is 0.445 e. The van der Waals surface area contributed by atoms with E-state index in [1.807, 2.05) is 0 Å². The zero-order valence-corrected chi connectivity index (χ0v) is 34.5. The first-order valence-corrected chi connectivity index (χ1v) is 19.6. The lowest BCUT2D eigenvalue weighted by atomic mass is 9.86. The summed E-state index contributed by atoms with van der Waals surface area (Å²) in [6, 6.07) is 4.52. The Morgan fingerprint density at radius 3 is 2.32 bits per heavy atom. The smallest absolute Gasteiger partial charge is 0.445 e. The second-order valence-electron chi connectivity index (χ2n) is 14.0. The van der Waals surface area contributed by atoms with Gasteiger partial charge < -0.3 is 49.3 Å². The predicted octanol–water partition coefficient (Wildman–Crippen LogP) is 4.08. The molecule has 5 N–H and O–H groups in total. The monoisotopic (exact) mass is 877 g/mol. The molecule has 1 aliphatic carbocycles. The molecule has 2 aliphatic rings. The van der Waals surface area contributed by atoms with Gasteiger partial charge in [0.15, 0.2) is 11.6 Å². The van der Waals surface area contributed by atoms with Crippen LogP contribution in [0.2, 0.25) is 0 Å². The first kappa shape index (κ1) is 48.8. The predicted molar refractivity (Wildman–Crippen MR) is 212 cm³/mol. The van der Waals surface area contributed by atoms with E-state index in [1.165, 1.54) is 19.2 Å². The Hall–Kier alpha value is -5.83. The van der Waals surface area contributed by atoms with Crippen LogP contribution in [0, 0.1) is 6.92 Å². The number of alkyl carbamates (subject to hydrolysis) is 1. The molecule has 0 saturated carbocycles.